The number of rotatable bonds is 8. The van der Waals surface area contributed by atoms with Crippen molar-refractivity contribution in [2.75, 3.05) is 25.1 Å². The minimum atomic E-state index is -4.35. The van der Waals surface area contributed by atoms with Gasteiger partial charge in [0.15, 0.2) is 5.11 Å². The van der Waals surface area contributed by atoms with Crippen LogP contribution in [0.5, 0.6) is 0 Å². The van der Waals surface area contributed by atoms with E-state index >= 15 is 0 Å². The lowest BCUT2D eigenvalue weighted by Crippen LogP contribution is -2.29. The summed E-state index contributed by atoms with van der Waals surface area (Å²) < 4.78 is 45.1. The molecule has 0 unspecified atom stereocenters. The largest absolute Gasteiger partial charge is 0.416 e. The van der Waals surface area contributed by atoms with Crippen molar-refractivity contribution >= 4 is 23.0 Å². The van der Waals surface area contributed by atoms with Gasteiger partial charge >= 0.3 is 6.18 Å². The molecule has 142 valence electrons. The topological polar surface area (TPSA) is 51.1 Å². The Hall–Kier alpha value is -2.13. The number of halogens is 3. The van der Waals surface area contributed by atoms with Gasteiger partial charge in [-0.2, -0.15) is 18.3 Å². The molecule has 0 radical (unpaired) electrons. The van der Waals surface area contributed by atoms with Crippen LogP contribution in [0.15, 0.2) is 36.7 Å². The van der Waals surface area contributed by atoms with E-state index in [0.29, 0.717) is 36.1 Å². The van der Waals surface area contributed by atoms with Crippen molar-refractivity contribution in [2.45, 2.75) is 26.1 Å². The summed E-state index contributed by atoms with van der Waals surface area (Å²) in [5, 5.41) is 10.6. The fourth-order valence-corrected chi connectivity index (χ4v) is 2.46. The maximum absolute atomic E-state index is 12.8. The summed E-state index contributed by atoms with van der Waals surface area (Å²) in [6, 6.07) is 5.20. The van der Waals surface area contributed by atoms with Crippen molar-refractivity contribution < 1.29 is 17.9 Å². The van der Waals surface area contributed by atoms with Crippen molar-refractivity contribution in [3.05, 3.63) is 47.8 Å². The molecule has 26 heavy (non-hydrogen) atoms. The Morgan fingerprint density at radius 1 is 1.35 bits per heavy atom. The molecular formula is C17H21F3N4OS. The zero-order chi connectivity index (χ0) is 19.0. The first-order valence-corrected chi connectivity index (χ1v) is 8.60. The van der Waals surface area contributed by atoms with Crippen LogP contribution in [0.25, 0.3) is 0 Å². The molecule has 1 aromatic heterocycles. The number of benzene rings is 1. The number of nitrogens with one attached hydrogen (secondary N) is 2. The van der Waals surface area contributed by atoms with Gasteiger partial charge in [0.05, 0.1) is 24.0 Å². The van der Waals surface area contributed by atoms with E-state index in [9.17, 15) is 13.2 Å². The van der Waals surface area contributed by atoms with Crippen LogP contribution in [0.4, 0.5) is 18.9 Å². The van der Waals surface area contributed by atoms with Crippen LogP contribution < -0.4 is 10.6 Å². The minimum absolute atomic E-state index is 0.236. The van der Waals surface area contributed by atoms with Gasteiger partial charge in [-0.05, 0) is 43.3 Å². The molecule has 2 rings (SSSR count). The van der Waals surface area contributed by atoms with Gasteiger partial charge in [0.1, 0.15) is 0 Å². The van der Waals surface area contributed by atoms with Crippen LogP contribution in [0, 0.1) is 0 Å². The first-order chi connectivity index (χ1) is 12.4. The second-order valence-corrected chi connectivity index (χ2v) is 5.96. The van der Waals surface area contributed by atoms with E-state index in [1.807, 2.05) is 6.92 Å². The Kier molecular flexibility index (Phi) is 7.40. The van der Waals surface area contributed by atoms with Crippen molar-refractivity contribution in [2.24, 2.45) is 0 Å². The van der Waals surface area contributed by atoms with E-state index in [1.54, 1.807) is 23.1 Å². The summed E-state index contributed by atoms with van der Waals surface area (Å²) in [5.41, 5.74) is 0.517. The highest BCUT2D eigenvalue weighted by atomic mass is 32.1. The lowest BCUT2D eigenvalue weighted by molar-refractivity contribution is -0.137. The Bertz CT molecular complexity index is 718. The van der Waals surface area contributed by atoms with E-state index in [-0.39, 0.29) is 6.54 Å². The van der Waals surface area contributed by atoms with Crippen LogP contribution >= 0.6 is 12.2 Å². The highest BCUT2D eigenvalue weighted by molar-refractivity contribution is 7.80. The smallest absolute Gasteiger partial charge is 0.382 e. The van der Waals surface area contributed by atoms with E-state index in [4.69, 9.17) is 17.0 Å². The van der Waals surface area contributed by atoms with Crippen molar-refractivity contribution in [3.63, 3.8) is 0 Å². The Labute approximate surface area is 155 Å². The Morgan fingerprint density at radius 3 is 2.88 bits per heavy atom. The van der Waals surface area contributed by atoms with Crippen molar-refractivity contribution in [3.8, 4) is 0 Å². The first-order valence-electron chi connectivity index (χ1n) is 8.19. The fourth-order valence-electron chi connectivity index (χ4n) is 2.24. The maximum atomic E-state index is 12.8. The van der Waals surface area contributed by atoms with Gasteiger partial charge < -0.3 is 15.4 Å². The lowest BCUT2D eigenvalue weighted by Gasteiger charge is -2.09. The number of hydrogen-bond donors (Lipinski definition) is 2. The summed E-state index contributed by atoms with van der Waals surface area (Å²) in [7, 11) is 0. The van der Waals surface area contributed by atoms with Gasteiger partial charge in [-0.25, -0.2) is 0 Å². The molecule has 0 aliphatic rings. The van der Waals surface area contributed by atoms with Gasteiger partial charge in [-0.3, -0.25) is 4.68 Å². The third-order valence-corrected chi connectivity index (χ3v) is 3.69. The van der Waals surface area contributed by atoms with E-state index in [0.717, 1.165) is 18.6 Å². The van der Waals surface area contributed by atoms with Crippen molar-refractivity contribution in [1.29, 1.82) is 0 Å². The van der Waals surface area contributed by atoms with E-state index in [1.165, 1.54) is 6.07 Å². The Morgan fingerprint density at radius 2 is 2.15 bits per heavy atom. The molecule has 1 aromatic carbocycles. The molecule has 0 atom stereocenters. The van der Waals surface area contributed by atoms with E-state index in [2.05, 4.69) is 15.7 Å². The molecule has 0 saturated carbocycles. The minimum Gasteiger partial charge on any atom is -0.382 e. The highest BCUT2D eigenvalue weighted by Crippen LogP contribution is 2.29. The highest BCUT2D eigenvalue weighted by Gasteiger charge is 2.30. The number of nitrogens with zero attached hydrogens (tertiary/aromatic N) is 2. The van der Waals surface area contributed by atoms with Gasteiger partial charge in [0.25, 0.3) is 0 Å². The maximum Gasteiger partial charge on any atom is 0.416 e. The molecule has 0 amide bonds. The molecule has 0 aliphatic carbocycles. The van der Waals surface area contributed by atoms with Crippen LogP contribution in [0.1, 0.15) is 24.5 Å². The third kappa shape index (κ3) is 6.64. The number of hydrogen-bond acceptors (Lipinski definition) is 3. The third-order valence-electron chi connectivity index (χ3n) is 3.45. The van der Waals surface area contributed by atoms with Gasteiger partial charge in [0.2, 0.25) is 0 Å². The van der Waals surface area contributed by atoms with Crippen LogP contribution in [-0.2, 0) is 17.5 Å². The molecule has 0 saturated heterocycles. The average molecular weight is 386 g/mol. The molecule has 5 nitrogen and oxygen atoms in total. The van der Waals surface area contributed by atoms with Crippen molar-refractivity contribution in [1.82, 2.24) is 15.1 Å². The van der Waals surface area contributed by atoms with Crippen LogP contribution in [0.2, 0.25) is 0 Å². The molecule has 0 fully saturated rings. The Balaban J connectivity index is 1.85. The standard InChI is InChI=1S/C17H21F3N4OS/c1-2-25-8-4-7-21-16(26)23-15-10-22-24(12-15)11-13-5-3-6-14(9-13)17(18,19)20/h3,5-6,9-10,12H,2,4,7-8,11H2,1H3,(H2,21,23,26). The summed E-state index contributed by atoms with van der Waals surface area (Å²) in [4.78, 5) is 0. The normalized spacial score (nSPS) is 11.4. The monoisotopic (exact) mass is 386 g/mol. The number of aromatic nitrogens is 2. The zero-order valence-electron chi connectivity index (χ0n) is 14.3. The summed E-state index contributed by atoms with van der Waals surface area (Å²) >= 11 is 5.19. The number of ether oxygens (including phenoxy) is 1. The second kappa shape index (κ2) is 9.54. The summed E-state index contributed by atoms with van der Waals surface area (Å²) in [6.07, 6.45) is -0.256. The number of anilines is 1. The van der Waals surface area contributed by atoms with Gasteiger partial charge in [-0.15, -0.1) is 0 Å². The molecule has 9 heteroatoms. The fraction of sp³-hybridized carbons (Fsp3) is 0.412. The molecule has 2 N–H and O–H groups in total. The first kappa shape index (κ1) is 20.2. The lowest BCUT2D eigenvalue weighted by atomic mass is 10.1. The van der Waals surface area contributed by atoms with Gasteiger partial charge in [0, 0.05) is 26.0 Å². The average Bonchev–Trinajstić information content (AvgIpc) is 3.01. The predicted octanol–water partition coefficient (Wildman–Crippen LogP) is 3.66. The molecule has 2 aromatic rings. The van der Waals surface area contributed by atoms with E-state index < -0.39 is 11.7 Å². The number of alkyl halides is 3. The summed E-state index contributed by atoms with van der Waals surface area (Å²) in [5.74, 6) is 0. The molecule has 1 heterocycles. The van der Waals surface area contributed by atoms with Crippen LogP contribution in [-0.4, -0.2) is 34.7 Å². The number of thiocarbonyl (C=S) groups is 1. The molecule has 0 spiro atoms. The summed E-state index contributed by atoms with van der Waals surface area (Å²) in [6.45, 7) is 4.22. The van der Waals surface area contributed by atoms with Crippen LogP contribution in [0.3, 0.4) is 0 Å². The molecule has 0 aliphatic heterocycles. The zero-order valence-corrected chi connectivity index (χ0v) is 15.2. The SMILES string of the molecule is CCOCCCNC(=S)Nc1cnn(Cc2cccc(C(F)(F)F)c2)c1. The quantitative estimate of drug-likeness (QED) is 0.536. The second-order valence-electron chi connectivity index (χ2n) is 5.56. The van der Waals surface area contributed by atoms with Gasteiger partial charge in [-0.1, -0.05) is 12.1 Å². The molecular weight excluding hydrogens is 365 g/mol. The predicted molar refractivity (Wildman–Crippen MR) is 98.1 cm³/mol. The molecule has 0 bridgehead atoms.